The fraction of sp³-hybridized carbons (Fsp3) is 0.400. The predicted molar refractivity (Wildman–Crippen MR) is 27.1 cm³/mol. The highest BCUT2D eigenvalue weighted by molar-refractivity contribution is 5.99. The zero-order valence-corrected chi connectivity index (χ0v) is 4.28. The van der Waals surface area contributed by atoms with E-state index in [1.165, 1.54) is 6.20 Å². The maximum atomic E-state index is 11.6. The monoisotopic (exact) mass is 115 g/mol. The quantitative estimate of drug-likeness (QED) is 0.521. The van der Waals surface area contributed by atoms with Gasteiger partial charge in [0.1, 0.15) is 6.67 Å². The standard InChI is InChI=1S/C5H6FNO/c6-1-4-2-7-3-5(4)8/h2,7H,1,3H2. The molecular formula is C5H6FNO. The lowest BCUT2D eigenvalue weighted by molar-refractivity contribution is -0.114. The molecule has 0 unspecified atom stereocenters. The van der Waals surface area contributed by atoms with E-state index < -0.39 is 6.67 Å². The third kappa shape index (κ3) is 0.710. The Morgan fingerprint density at radius 2 is 2.62 bits per heavy atom. The minimum absolute atomic E-state index is 0.132. The predicted octanol–water partition coefficient (Wildman–Crippen LogP) is 0.0121. The van der Waals surface area contributed by atoms with Crippen LogP contribution < -0.4 is 5.32 Å². The van der Waals surface area contributed by atoms with Gasteiger partial charge in [-0.15, -0.1) is 0 Å². The Morgan fingerprint density at radius 3 is 2.88 bits per heavy atom. The van der Waals surface area contributed by atoms with Crippen LogP contribution in [0.5, 0.6) is 0 Å². The third-order valence-corrected chi connectivity index (χ3v) is 1.04. The van der Waals surface area contributed by atoms with E-state index in [9.17, 15) is 9.18 Å². The summed E-state index contributed by atoms with van der Waals surface area (Å²) in [5, 5.41) is 2.62. The van der Waals surface area contributed by atoms with Gasteiger partial charge in [0.15, 0.2) is 5.78 Å². The van der Waals surface area contributed by atoms with Crippen LogP contribution in [0.2, 0.25) is 0 Å². The average molecular weight is 115 g/mol. The number of nitrogens with one attached hydrogen (secondary N) is 1. The summed E-state index contributed by atoms with van der Waals surface area (Å²) in [6.07, 6.45) is 1.42. The Labute approximate surface area is 46.4 Å². The second-order valence-corrected chi connectivity index (χ2v) is 1.61. The van der Waals surface area contributed by atoms with E-state index >= 15 is 0 Å². The van der Waals surface area contributed by atoms with Gasteiger partial charge in [-0.25, -0.2) is 4.39 Å². The summed E-state index contributed by atoms with van der Waals surface area (Å²) in [5.74, 6) is -0.132. The number of hydrogen-bond acceptors (Lipinski definition) is 2. The van der Waals surface area contributed by atoms with Crippen molar-refractivity contribution in [1.82, 2.24) is 5.32 Å². The summed E-state index contributed by atoms with van der Waals surface area (Å²) in [4.78, 5) is 10.4. The third-order valence-electron chi connectivity index (χ3n) is 1.04. The summed E-state index contributed by atoms with van der Waals surface area (Å²) < 4.78 is 11.6. The molecule has 0 aliphatic carbocycles. The fourth-order valence-electron chi connectivity index (χ4n) is 0.574. The Hall–Kier alpha value is -0.860. The molecule has 0 saturated carbocycles. The number of carbonyl (C=O) groups excluding carboxylic acids is 1. The van der Waals surface area contributed by atoms with Gasteiger partial charge < -0.3 is 5.32 Å². The highest BCUT2D eigenvalue weighted by atomic mass is 19.1. The van der Waals surface area contributed by atoms with Crippen LogP contribution in [0.4, 0.5) is 4.39 Å². The number of Topliss-reactive ketones (excluding diaryl/α,β-unsaturated/α-hetero) is 1. The van der Waals surface area contributed by atoms with Crippen molar-refractivity contribution in [2.75, 3.05) is 13.2 Å². The lowest BCUT2D eigenvalue weighted by Gasteiger charge is -1.84. The lowest BCUT2D eigenvalue weighted by atomic mass is 10.2. The van der Waals surface area contributed by atoms with Crippen LogP contribution in [0, 0.1) is 0 Å². The molecular weight excluding hydrogens is 109 g/mol. The zero-order chi connectivity index (χ0) is 5.98. The lowest BCUT2D eigenvalue weighted by Crippen LogP contribution is -2.08. The number of ketones is 1. The second kappa shape index (κ2) is 1.94. The van der Waals surface area contributed by atoms with Crippen molar-refractivity contribution in [2.45, 2.75) is 0 Å². The van der Waals surface area contributed by atoms with Gasteiger partial charge in [0.25, 0.3) is 0 Å². The van der Waals surface area contributed by atoms with Crippen molar-refractivity contribution in [1.29, 1.82) is 0 Å². The molecule has 8 heavy (non-hydrogen) atoms. The molecule has 0 amide bonds. The van der Waals surface area contributed by atoms with E-state index in [4.69, 9.17) is 0 Å². The summed E-state index contributed by atoms with van der Waals surface area (Å²) in [5.41, 5.74) is 0.255. The van der Waals surface area contributed by atoms with Gasteiger partial charge in [-0.1, -0.05) is 0 Å². The van der Waals surface area contributed by atoms with Gasteiger partial charge >= 0.3 is 0 Å². The van der Waals surface area contributed by atoms with Crippen LogP contribution in [0.1, 0.15) is 0 Å². The second-order valence-electron chi connectivity index (χ2n) is 1.61. The number of halogens is 1. The summed E-state index contributed by atoms with van der Waals surface area (Å²) >= 11 is 0. The summed E-state index contributed by atoms with van der Waals surface area (Å²) in [7, 11) is 0. The van der Waals surface area contributed by atoms with Gasteiger partial charge in [-0.2, -0.15) is 0 Å². The van der Waals surface area contributed by atoms with Crippen molar-refractivity contribution in [3.05, 3.63) is 11.8 Å². The molecule has 3 heteroatoms. The number of alkyl halides is 1. The molecule has 1 aliphatic heterocycles. The molecule has 1 heterocycles. The molecule has 0 aromatic heterocycles. The molecule has 0 aromatic carbocycles. The van der Waals surface area contributed by atoms with Crippen molar-refractivity contribution in [3.8, 4) is 0 Å². The zero-order valence-electron chi connectivity index (χ0n) is 4.28. The molecule has 0 radical (unpaired) electrons. The Morgan fingerprint density at radius 1 is 1.88 bits per heavy atom. The largest absolute Gasteiger partial charge is 0.383 e. The minimum atomic E-state index is -0.647. The smallest absolute Gasteiger partial charge is 0.181 e. The average Bonchev–Trinajstić information content (AvgIpc) is 2.14. The molecule has 0 bridgehead atoms. The normalized spacial score (nSPS) is 18.1. The van der Waals surface area contributed by atoms with Crippen molar-refractivity contribution >= 4 is 5.78 Å². The summed E-state index contributed by atoms with van der Waals surface area (Å²) in [6, 6.07) is 0. The van der Waals surface area contributed by atoms with Gasteiger partial charge in [0, 0.05) is 11.8 Å². The molecule has 2 nitrogen and oxygen atoms in total. The van der Waals surface area contributed by atoms with E-state index in [2.05, 4.69) is 5.32 Å². The number of hydrogen-bond donors (Lipinski definition) is 1. The maximum Gasteiger partial charge on any atom is 0.181 e. The molecule has 44 valence electrons. The topological polar surface area (TPSA) is 29.1 Å². The molecule has 0 aromatic rings. The number of carbonyl (C=O) groups is 1. The minimum Gasteiger partial charge on any atom is -0.383 e. The van der Waals surface area contributed by atoms with E-state index in [-0.39, 0.29) is 17.9 Å². The first-order valence-electron chi connectivity index (χ1n) is 2.36. The van der Waals surface area contributed by atoms with Crippen LogP contribution in [-0.2, 0) is 4.79 Å². The van der Waals surface area contributed by atoms with E-state index in [1.54, 1.807) is 0 Å². The first kappa shape index (κ1) is 5.28. The van der Waals surface area contributed by atoms with Gasteiger partial charge in [-0.3, -0.25) is 4.79 Å². The van der Waals surface area contributed by atoms with Crippen LogP contribution in [0.3, 0.4) is 0 Å². The molecule has 0 saturated heterocycles. The SMILES string of the molecule is O=C1CNC=C1CF. The summed E-state index contributed by atoms with van der Waals surface area (Å²) in [6.45, 7) is -0.384. The van der Waals surface area contributed by atoms with Gasteiger partial charge in [0.05, 0.1) is 6.54 Å². The van der Waals surface area contributed by atoms with Crippen LogP contribution in [0.15, 0.2) is 11.8 Å². The molecule has 0 spiro atoms. The maximum absolute atomic E-state index is 11.6. The first-order valence-corrected chi connectivity index (χ1v) is 2.36. The molecule has 0 atom stereocenters. The van der Waals surface area contributed by atoms with Crippen molar-refractivity contribution in [2.24, 2.45) is 0 Å². The van der Waals surface area contributed by atoms with E-state index in [0.29, 0.717) is 0 Å². The van der Waals surface area contributed by atoms with Gasteiger partial charge in [-0.05, 0) is 0 Å². The van der Waals surface area contributed by atoms with E-state index in [0.717, 1.165) is 0 Å². The Kier molecular flexibility index (Phi) is 1.28. The van der Waals surface area contributed by atoms with Gasteiger partial charge in [0.2, 0.25) is 0 Å². The van der Waals surface area contributed by atoms with Crippen LogP contribution in [0.25, 0.3) is 0 Å². The molecule has 1 rings (SSSR count). The highest BCUT2D eigenvalue weighted by Gasteiger charge is 2.12. The van der Waals surface area contributed by atoms with E-state index in [1.807, 2.05) is 0 Å². The molecule has 0 fully saturated rings. The Balaban J connectivity index is 2.62. The van der Waals surface area contributed by atoms with Crippen LogP contribution >= 0.6 is 0 Å². The molecule has 1 N–H and O–H groups in total. The van der Waals surface area contributed by atoms with Crippen LogP contribution in [-0.4, -0.2) is 19.0 Å². The van der Waals surface area contributed by atoms with Crippen molar-refractivity contribution < 1.29 is 9.18 Å². The fourth-order valence-corrected chi connectivity index (χ4v) is 0.574. The molecule has 1 aliphatic rings. The first-order chi connectivity index (χ1) is 3.84. The van der Waals surface area contributed by atoms with Crippen molar-refractivity contribution in [3.63, 3.8) is 0 Å². The number of rotatable bonds is 1. The highest BCUT2D eigenvalue weighted by Crippen LogP contribution is 1.99. The Bertz CT molecular complexity index is 141.